The molecule has 0 spiro atoms. The van der Waals surface area contributed by atoms with E-state index in [1.807, 2.05) is 6.92 Å². The molecule has 0 aromatic rings. The van der Waals surface area contributed by atoms with Gasteiger partial charge in [-0.15, -0.1) is 0 Å². The van der Waals surface area contributed by atoms with Crippen molar-refractivity contribution in [3.63, 3.8) is 0 Å². The smallest absolute Gasteiger partial charge is 0.263 e. The Bertz CT molecular complexity index is 218. The number of nitrogens with zero attached hydrogens (tertiary/aromatic N) is 1. The van der Waals surface area contributed by atoms with Gasteiger partial charge >= 0.3 is 0 Å². The Morgan fingerprint density at radius 3 is 2.83 bits per heavy atom. The predicted molar refractivity (Wildman–Crippen MR) is 44.0 cm³/mol. The van der Waals surface area contributed by atoms with Crippen LogP contribution >= 0.6 is 0 Å². The summed E-state index contributed by atoms with van der Waals surface area (Å²) in [5.74, 6) is -0.488. The highest BCUT2D eigenvalue weighted by atomic mass is 16.5. The number of rotatable bonds is 4. The summed E-state index contributed by atoms with van der Waals surface area (Å²) in [5.41, 5.74) is -0.110. The van der Waals surface area contributed by atoms with E-state index in [0.29, 0.717) is 6.61 Å². The van der Waals surface area contributed by atoms with E-state index >= 15 is 0 Å². The molecule has 0 aliphatic heterocycles. The quantitative estimate of drug-likeness (QED) is 0.379. The average molecular weight is 168 g/mol. The van der Waals surface area contributed by atoms with E-state index in [1.165, 1.54) is 0 Å². The van der Waals surface area contributed by atoms with Gasteiger partial charge in [0.1, 0.15) is 17.9 Å². The Kier molecular flexibility index (Phi) is 4.73. The first-order valence-corrected chi connectivity index (χ1v) is 3.63. The fourth-order valence-corrected chi connectivity index (χ4v) is 0.614. The van der Waals surface area contributed by atoms with Crippen LogP contribution in [-0.2, 0) is 9.53 Å². The Hall–Kier alpha value is -1.34. The van der Waals surface area contributed by atoms with Crippen molar-refractivity contribution in [2.24, 2.45) is 0 Å². The Balaban J connectivity index is 3.86. The number of nitrogens with one attached hydrogen (secondary N) is 1. The van der Waals surface area contributed by atoms with E-state index in [4.69, 9.17) is 10.00 Å². The van der Waals surface area contributed by atoms with Crippen molar-refractivity contribution in [3.8, 4) is 6.07 Å². The van der Waals surface area contributed by atoms with E-state index in [-0.39, 0.29) is 11.8 Å². The number of carbonyl (C=O) groups excluding carboxylic acids is 1. The Labute approximate surface area is 71.8 Å². The second kappa shape index (κ2) is 5.33. The summed E-state index contributed by atoms with van der Waals surface area (Å²) in [6, 6.07) is 1.65. The zero-order valence-electron chi connectivity index (χ0n) is 7.26. The van der Waals surface area contributed by atoms with Gasteiger partial charge < -0.3 is 10.1 Å². The number of nitriles is 1. The molecule has 0 heterocycles. The zero-order valence-corrected chi connectivity index (χ0v) is 7.26. The second-order valence-electron chi connectivity index (χ2n) is 2.16. The maximum absolute atomic E-state index is 10.9. The molecule has 0 rings (SSSR count). The van der Waals surface area contributed by atoms with Crippen LogP contribution in [0.2, 0.25) is 0 Å². The van der Waals surface area contributed by atoms with E-state index in [2.05, 4.69) is 11.9 Å². The molecule has 0 saturated heterocycles. The van der Waals surface area contributed by atoms with Gasteiger partial charge in [-0.3, -0.25) is 4.79 Å². The molecule has 1 unspecified atom stereocenters. The maximum atomic E-state index is 10.9. The molecule has 0 aliphatic carbocycles. The fraction of sp³-hybridized carbons (Fsp3) is 0.500. The molecule has 0 aromatic carbocycles. The van der Waals surface area contributed by atoms with Gasteiger partial charge in [0.2, 0.25) is 0 Å². The highest BCUT2D eigenvalue weighted by molar-refractivity contribution is 5.96. The lowest BCUT2D eigenvalue weighted by atomic mass is 10.3. The van der Waals surface area contributed by atoms with Crippen LogP contribution in [0.3, 0.4) is 0 Å². The number of amides is 1. The van der Waals surface area contributed by atoms with Crippen molar-refractivity contribution >= 4 is 5.91 Å². The van der Waals surface area contributed by atoms with Crippen LogP contribution in [0.4, 0.5) is 0 Å². The third-order valence-electron chi connectivity index (χ3n) is 1.16. The van der Waals surface area contributed by atoms with Gasteiger partial charge in [-0.2, -0.15) is 5.26 Å². The molecule has 0 bridgehead atoms. The first kappa shape index (κ1) is 10.7. The van der Waals surface area contributed by atoms with Gasteiger partial charge in [-0.05, 0) is 13.8 Å². The maximum Gasteiger partial charge on any atom is 0.263 e. The van der Waals surface area contributed by atoms with Crippen LogP contribution in [0, 0.1) is 11.3 Å². The van der Waals surface area contributed by atoms with Crippen molar-refractivity contribution < 1.29 is 9.53 Å². The summed E-state index contributed by atoms with van der Waals surface area (Å²) < 4.78 is 5.02. The third kappa shape index (κ3) is 3.74. The SMILES string of the molecule is C=C(C#N)C(=O)NC(C)OCC. The molecule has 0 fully saturated rings. The van der Waals surface area contributed by atoms with Crippen molar-refractivity contribution in [1.82, 2.24) is 5.32 Å². The molecule has 4 nitrogen and oxygen atoms in total. The summed E-state index contributed by atoms with van der Waals surface area (Å²) in [4.78, 5) is 10.9. The summed E-state index contributed by atoms with van der Waals surface area (Å²) in [6.07, 6.45) is -0.382. The van der Waals surface area contributed by atoms with E-state index in [9.17, 15) is 4.79 Å². The summed E-state index contributed by atoms with van der Waals surface area (Å²) >= 11 is 0. The second-order valence-corrected chi connectivity index (χ2v) is 2.16. The first-order chi connectivity index (χ1) is 5.61. The van der Waals surface area contributed by atoms with Crippen LogP contribution in [0.15, 0.2) is 12.2 Å². The normalized spacial score (nSPS) is 11.4. The number of ether oxygens (including phenoxy) is 1. The zero-order chi connectivity index (χ0) is 9.56. The van der Waals surface area contributed by atoms with Gasteiger partial charge in [0.15, 0.2) is 0 Å². The molecule has 1 amide bonds. The predicted octanol–water partition coefficient (Wildman–Crippen LogP) is 0.565. The number of hydrogen-bond acceptors (Lipinski definition) is 3. The van der Waals surface area contributed by atoms with Gasteiger partial charge in [-0.25, -0.2) is 0 Å². The summed E-state index contributed by atoms with van der Waals surface area (Å²) in [5, 5.41) is 10.7. The van der Waals surface area contributed by atoms with E-state index in [0.717, 1.165) is 0 Å². The third-order valence-corrected chi connectivity index (χ3v) is 1.16. The summed E-state index contributed by atoms with van der Waals surface area (Å²) in [6.45, 7) is 7.28. The highest BCUT2D eigenvalue weighted by Gasteiger charge is 2.08. The lowest BCUT2D eigenvalue weighted by Gasteiger charge is -2.12. The topological polar surface area (TPSA) is 62.1 Å². The molecule has 0 aliphatic rings. The van der Waals surface area contributed by atoms with Gasteiger partial charge in [0.05, 0.1) is 0 Å². The van der Waals surface area contributed by atoms with Crippen molar-refractivity contribution in [2.75, 3.05) is 6.61 Å². The Morgan fingerprint density at radius 2 is 2.42 bits per heavy atom. The molecule has 4 heteroatoms. The standard InChI is InChI=1S/C8H12N2O2/c1-4-12-7(3)10-8(11)6(2)5-9/h7H,2,4H2,1,3H3,(H,10,11). The van der Waals surface area contributed by atoms with Crippen molar-refractivity contribution in [2.45, 2.75) is 20.1 Å². The minimum Gasteiger partial charge on any atom is -0.359 e. The largest absolute Gasteiger partial charge is 0.359 e. The molecule has 66 valence electrons. The van der Waals surface area contributed by atoms with E-state index in [1.54, 1.807) is 13.0 Å². The monoisotopic (exact) mass is 168 g/mol. The molecular formula is C8H12N2O2. The van der Waals surface area contributed by atoms with Crippen LogP contribution in [0.25, 0.3) is 0 Å². The van der Waals surface area contributed by atoms with Gasteiger partial charge in [-0.1, -0.05) is 6.58 Å². The molecular weight excluding hydrogens is 156 g/mol. The average Bonchev–Trinajstić information content (AvgIpc) is 2.03. The van der Waals surface area contributed by atoms with Crippen molar-refractivity contribution in [3.05, 3.63) is 12.2 Å². The summed E-state index contributed by atoms with van der Waals surface area (Å²) in [7, 11) is 0. The van der Waals surface area contributed by atoms with Crippen LogP contribution in [0.1, 0.15) is 13.8 Å². The minimum atomic E-state index is -0.488. The molecule has 0 aromatic heterocycles. The van der Waals surface area contributed by atoms with Crippen LogP contribution in [-0.4, -0.2) is 18.7 Å². The Morgan fingerprint density at radius 1 is 1.83 bits per heavy atom. The van der Waals surface area contributed by atoms with E-state index < -0.39 is 5.91 Å². The van der Waals surface area contributed by atoms with Crippen molar-refractivity contribution in [1.29, 1.82) is 5.26 Å². The number of carbonyl (C=O) groups is 1. The lowest BCUT2D eigenvalue weighted by Crippen LogP contribution is -2.35. The lowest BCUT2D eigenvalue weighted by molar-refractivity contribution is -0.120. The highest BCUT2D eigenvalue weighted by Crippen LogP contribution is 1.90. The number of hydrogen-bond donors (Lipinski definition) is 1. The molecule has 0 radical (unpaired) electrons. The minimum absolute atomic E-state index is 0.110. The molecule has 1 atom stereocenters. The molecule has 1 N–H and O–H groups in total. The van der Waals surface area contributed by atoms with Gasteiger partial charge in [0.25, 0.3) is 5.91 Å². The molecule has 0 saturated carbocycles. The van der Waals surface area contributed by atoms with Gasteiger partial charge in [0, 0.05) is 6.61 Å². The van der Waals surface area contributed by atoms with Crippen LogP contribution in [0.5, 0.6) is 0 Å². The van der Waals surface area contributed by atoms with Crippen LogP contribution < -0.4 is 5.32 Å². The fourth-order valence-electron chi connectivity index (χ4n) is 0.614. The molecule has 12 heavy (non-hydrogen) atoms. The first-order valence-electron chi connectivity index (χ1n) is 3.63.